The maximum Gasteiger partial charge on any atom is 0.296 e. The normalized spacial score (nSPS) is 13.6. The lowest BCUT2D eigenvalue weighted by Crippen LogP contribution is -2.42. The van der Waals surface area contributed by atoms with Gasteiger partial charge in [-0.1, -0.05) is 77.3 Å². The highest BCUT2D eigenvalue weighted by molar-refractivity contribution is 7.86. The molecule has 1 amide bonds. The van der Waals surface area contributed by atoms with E-state index < -0.39 is 26.5 Å². The van der Waals surface area contributed by atoms with Crippen molar-refractivity contribution in [3.05, 3.63) is 24.3 Å². The summed E-state index contributed by atoms with van der Waals surface area (Å²) in [6, 6.07) is 5.51. The minimum absolute atomic E-state index is 0.0421. The molecule has 0 heterocycles. The van der Waals surface area contributed by atoms with Gasteiger partial charge in [-0.3, -0.25) is 18.9 Å². The molecule has 2 unspecified atom stereocenters. The number of amides is 1. The molecule has 1 rings (SSSR count). The molecule has 2 atom stereocenters. The smallest absolute Gasteiger partial charge is 0.296 e. The van der Waals surface area contributed by atoms with Gasteiger partial charge in [-0.05, 0) is 38.8 Å². The van der Waals surface area contributed by atoms with Gasteiger partial charge < -0.3 is 14.8 Å². The van der Waals surface area contributed by atoms with Crippen molar-refractivity contribution < 1.29 is 36.8 Å². The summed E-state index contributed by atoms with van der Waals surface area (Å²) in [5.41, 5.74) is -1.29. The van der Waals surface area contributed by atoms with Gasteiger partial charge in [0.2, 0.25) is 5.91 Å². The highest BCUT2D eigenvalue weighted by Gasteiger charge is 2.37. The van der Waals surface area contributed by atoms with Gasteiger partial charge in [0.15, 0.2) is 11.6 Å². The van der Waals surface area contributed by atoms with E-state index in [0.717, 1.165) is 38.5 Å². The number of hydrogen-bond acceptors (Lipinski definition) is 7. The highest BCUT2D eigenvalue weighted by atomic mass is 32.2. The summed E-state index contributed by atoms with van der Waals surface area (Å²) in [6.45, 7) is 7.23. The van der Waals surface area contributed by atoms with E-state index in [2.05, 4.69) is 19.2 Å². The van der Waals surface area contributed by atoms with Crippen LogP contribution in [0.2, 0.25) is 0 Å². The summed E-state index contributed by atoms with van der Waals surface area (Å²) in [6.07, 6.45) is 9.46. The van der Waals surface area contributed by atoms with Gasteiger partial charge in [-0.25, -0.2) is 0 Å². The fourth-order valence-corrected chi connectivity index (χ4v) is 4.68. The molecule has 0 aliphatic heterocycles. The molecule has 10 heteroatoms. The number of unbranched alkanes of at least 4 members (excludes halogenated alkanes) is 6. The Balaban J connectivity index is 0.000000958. The van der Waals surface area contributed by atoms with E-state index in [1.165, 1.54) is 57.6 Å². The molecule has 0 aliphatic rings. The molecule has 38 heavy (non-hydrogen) atoms. The second-order valence-corrected chi connectivity index (χ2v) is 10.8. The van der Waals surface area contributed by atoms with E-state index in [1.807, 2.05) is 0 Å². The summed E-state index contributed by atoms with van der Waals surface area (Å²) in [7, 11) is -1.49. The second kappa shape index (κ2) is 19.0. The van der Waals surface area contributed by atoms with Crippen LogP contribution in [0.4, 0.5) is 5.69 Å². The first-order chi connectivity index (χ1) is 17.9. The highest BCUT2D eigenvalue weighted by Crippen LogP contribution is 2.27. The van der Waals surface area contributed by atoms with Gasteiger partial charge in [-0.2, -0.15) is 8.42 Å². The van der Waals surface area contributed by atoms with Gasteiger partial charge in [0.1, 0.15) is 16.6 Å². The molecular formula is C28H47NO8S. The molecule has 0 aliphatic carbocycles. The minimum atomic E-state index is -4.48. The first-order valence-electron chi connectivity index (χ1n) is 13.3. The van der Waals surface area contributed by atoms with Crippen LogP contribution in [0.25, 0.3) is 0 Å². The fraction of sp³-hybridized carbons (Fsp3) is 0.679. The fourth-order valence-electron chi connectivity index (χ4n) is 4.04. The number of anilines is 1. The molecule has 0 saturated carbocycles. The Morgan fingerprint density at radius 3 is 2.00 bits per heavy atom. The molecular weight excluding hydrogens is 510 g/mol. The maximum absolute atomic E-state index is 12.4. The van der Waals surface area contributed by atoms with Crippen molar-refractivity contribution in [2.24, 2.45) is 0 Å². The van der Waals surface area contributed by atoms with E-state index >= 15 is 0 Å². The molecule has 9 nitrogen and oxygen atoms in total. The average Bonchev–Trinajstić information content (AvgIpc) is 2.85. The van der Waals surface area contributed by atoms with Crippen LogP contribution in [0.1, 0.15) is 98.3 Å². The predicted molar refractivity (Wildman–Crippen MR) is 149 cm³/mol. The van der Waals surface area contributed by atoms with Crippen LogP contribution in [-0.2, 0) is 34.0 Å². The number of ether oxygens (including phenoxy) is 2. The number of carbonyl (C=O) groups excluding carboxylic acids is 3. The maximum atomic E-state index is 12.4. The number of methoxy groups -OCH3 is 2. The molecule has 0 radical (unpaired) electrons. The topological polar surface area (TPSA) is 136 Å². The first-order valence-corrected chi connectivity index (χ1v) is 14.8. The van der Waals surface area contributed by atoms with E-state index in [1.54, 1.807) is 14.0 Å². The summed E-state index contributed by atoms with van der Waals surface area (Å²) in [5, 5.41) is 2.45. The van der Waals surface area contributed by atoms with Gasteiger partial charge >= 0.3 is 0 Å². The number of benzene rings is 1. The molecule has 218 valence electrons. The van der Waals surface area contributed by atoms with Crippen molar-refractivity contribution in [3.63, 3.8) is 0 Å². The van der Waals surface area contributed by atoms with E-state index in [-0.39, 0.29) is 29.8 Å². The van der Waals surface area contributed by atoms with Crippen LogP contribution in [0.15, 0.2) is 29.2 Å². The predicted octanol–water partition coefficient (Wildman–Crippen LogP) is 5.77. The van der Waals surface area contributed by atoms with Gasteiger partial charge in [0.05, 0.1) is 12.1 Å². The van der Waals surface area contributed by atoms with Gasteiger partial charge in [0.25, 0.3) is 10.1 Å². The Bertz CT molecular complexity index is 963. The Hall–Kier alpha value is -2.14. The number of rotatable bonds is 18. The van der Waals surface area contributed by atoms with Crippen LogP contribution in [0, 0.1) is 0 Å². The number of carbonyl (C=O) groups is 3. The monoisotopic (exact) mass is 557 g/mol. The number of para-hydroxylation sites is 1. The van der Waals surface area contributed by atoms with Crippen LogP contribution < -0.4 is 5.32 Å². The Morgan fingerprint density at radius 2 is 1.53 bits per heavy atom. The van der Waals surface area contributed by atoms with Crippen molar-refractivity contribution >= 4 is 33.3 Å². The number of ketones is 2. The van der Waals surface area contributed by atoms with Crippen molar-refractivity contribution in [2.45, 2.75) is 115 Å². The molecule has 0 aromatic heterocycles. The zero-order valence-corrected chi connectivity index (χ0v) is 24.7. The average molecular weight is 558 g/mol. The minimum Gasteiger partial charge on any atom is -0.374 e. The van der Waals surface area contributed by atoms with E-state index in [4.69, 9.17) is 9.47 Å². The van der Waals surface area contributed by atoms with Crippen LogP contribution in [0.3, 0.4) is 0 Å². The molecule has 0 fully saturated rings. The lowest BCUT2D eigenvalue weighted by molar-refractivity contribution is -0.145. The van der Waals surface area contributed by atoms with Crippen LogP contribution >= 0.6 is 0 Å². The van der Waals surface area contributed by atoms with Gasteiger partial charge in [-0.15, -0.1) is 0 Å². The molecule has 1 aromatic carbocycles. The SMILES string of the molecule is CCCCCCC(CC(=O)Nc1ccccc1S(=O)(=O)O)(OC)C(C)=O.CCCCCCC(OC)C(C)=O. The second-order valence-electron chi connectivity index (χ2n) is 9.45. The summed E-state index contributed by atoms with van der Waals surface area (Å²) >= 11 is 0. The van der Waals surface area contributed by atoms with Crippen molar-refractivity contribution in [1.29, 1.82) is 0 Å². The molecule has 0 bridgehead atoms. The third-order valence-corrected chi connectivity index (χ3v) is 7.32. The molecule has 0 saturated heterocycles. The number of nitrogens with one attached hydrogen (secondary N) is 1. The lowest BCUT2D eigenvalue weighted by Gasteiger charge is -2.29. The van der Waals surface area contributed by atoms with Crippen molar-refractivity contribution in [1.82, 2.24) is 0 Å². The Morgan fingerprint density at radius 1 is 0.947 bits per heavy atom. The molecule has 2 N–H and O–H groups in total. The zero-order chi connectivity index (χ0) is 29.2. The number of hydrogen-bond donors (Lipinski definition) is 2. The third kappa shape index (κ3) is 13.6. The van der Waals surface area contributed by atoms with Crippen LogP contribution in [-0.4, -0.2) is 56.4 Å². The van der Waals surface area contributed by atoms with Crippen molar-refractivity contribution in [3.8, 4) is 0 Å². The van der Waals surface area contributed by atoms with Crippen molar-refractivity contribution in [2.75, 3.05) is 19.5 Å². The largest absolute Gasteiger partial charge is 0.374 e. The summed E-state index contributed by atoms with van der Waals surface area (Å²) < 4.78 is 42.5. The third-order valence-electron chi connectivity index (χ3n) is 6.41. The zero-order valence-electron chi connectivity index (χ0n) is 23.9. The summed E-state index contributed by atoms with van der Waals surface area (Å²) in [5.74, 6) is -0.669. The van der Waals surface area contributed by atoms with Gasteiger partial charge in [0, 0.05) is 14.2 Å². The first kappa shape index (κ1) is 35.9. The summed E-state index contributed by atoms with van der Waals surface area (Å²) in [4.78, 5) is 35.1. The lowest BCUT2D eigenvalue weighted by atomic mass is 9.88. The molecule has 1 aromatic rings. The number of Topliss-reactive ketones (excluding diaryl/α,β-unsaturated/α-hetero) is 2. The quantitative estimate of drug-likeness (QED) is 0.172. The Kier molecular flexibility index (Phi) is 17.9. The Labute approximate surface area is 228 Å². The van der Waals surface area contributed by atoms with Crippen LogP contribution in [0.5, 0.6) is 0 Å². The van der Waals surface area contributed by atoms with E-state index in [0.29, 0.717) is 6.42 Å². The molecule has 0 spiro atoms. The standard InChI is InChI=1S/C18H27NO6S.C10H20O2/c1-4-5-6-9-12-18(25-3,14(2)20)13-17(21)19-15-10-7-8-11-16(15)26(22,23)24;1-4-5-6-7-8-10(12-3)9(2)11/h7-8,10-11H,4-6,9,12-13H2,1-3H3,(H,19,21)(H,22,23,24);10H,4-8H2,1-3H3. The van der Waals surface area contributed by atoms with E-state index in [9.17, 15) is 27.4 Å².